The number of hydrogen-bond donors (Lipinski definition) is 1. The third-order valence-corrected chi connectivity index (χ3v) is 4.89. The molecule has 1 atom stereocenters. The Bertz CT molecular complexity index is 455. The van der Waals surface area contributed by atoms with E-state index in [1.165, 1.54) is 17.8 Å². The van der Waals surface area contributed by atoms with Crippen molar-refractivity contribution >= 4 is 41.3 Å². The van der Waals surface area contributed by atoms with Gasteiger partial charge in [-0.25, -0.2) is 0 Å². The van der Waals surface area contributed by atoms with Gasteiger partial charge in [-0.1, -0.05) is 11.6 Å². The lowest BCUT2D eigenvalue weighted by atomic mass is 10.1. The third kappa shape index (κ3) is 5.75. The number of hydrogen-bond acceptors (Lipinski definition) is 4. The van der Waals surface area contributed by atoms with Gasteiger partial charge in [-0.05, 0) is 44.6 Å². The fraction of sp³-hybridized carbons (Fsp3) is 0.643. The maximum atomic E-state index is 12.2. The van der Waals surface area contributed by atoms with Crippen molar-refractivity contribution in [2.45, 2.75) is 13.0 Å². The highest BCUT2D eigenvalue weighted by Gasteiger charge is 2.24. The first-order valence-corrected chi connectivity index (χ1v) is 8.13. The molecule has 1 aliphatic rings. The largest absolute Gasteiger partial charge is 0.340 e. The Labute approximate surface area is 141 Å². The fourth-order valence-corrected chi connectivity index (χ4v) is 3.72. The molecule has 0 saturated carbocycles. The first-order valence-electron chi connectivity index (χ1n) is 6.93. The molecule has 1 unspecified atom stereocenters. The van der Waals surface area contributed by atoms with E-state index in [0.29, 0.717) is 19.0 Å². The second-order valence-corrected chi connectivity index (χ2v) is 7.20. The SMILES string of the molecule is CNCC1CCN(CC(=O)N(C)Cc2ccc(Cl)s2)C1.Cl. The number of thiophene rings is 1. The highest BCUT2D eigenvalue weighted by atomic mass is 35.5. The summed E-state index contributed by atoms with van der Waals surface area (Å²) in [6.45, 7) is 4.25. The van der Waals surface area contributed by atoms with E-state index in [0.717, 1.165) is 28.8 Å². The standard InChI is InChI=1S/C14H22ClN3OS.ClH/c1-16-7-11-5-6-18(8-11)10-14(19)17(2)9-12-3-4-13(15)20-12;/h3-4,11,16H,5-10H2,1-2H3;1H. The normalized spacial score (nSPS) is 18.5. The molecule has 1 amide bonds. The van der Waals surface area contributed by atoms with Gasteiger partial charge in [0.15, 0.2) is 0 Å². The Kier molecular flexibility index (Phi) is 7.98. The lowest BCUT2D eigenvalue weighted by Gasteiger charge is -2.21. The minimum Gasteiger partial charge on any atom is -0.340 e. The van der Waals surface area contributed by atoms with E-state index in [4.69, 9.17) is 11.6 Å². The number of likely N-dealkylation sites (tertiary alicyclic amines) is 1. The number of carbonyl (C=O) groups is 1. The van der Waals surface area contributed by atoms with Crippen LogP contribution in [0.1, 0.15) is 11.3 Å². The molecule has 0 radical (unpaired) electrons. The summed E-state index contributed by atoms with van der Waals surface area (Å²) in [6.07, 6.45) is 1.18. The fourth-order valence-electron chi connectivity index (χ4n) is 2.58. The van der Waals surface area contributed by atoms with Crippen LogP contribution in [0, 0.1) is 5.92 Å². The van der Waals surface area contributed by atoms with Gasteiger partial charge in [-0.2, -0.15) is 0 Å². The van der Waals surface area contributed by atoms with Crippen molar-refractivity contribution in [1.82, 2.24) is 15.1 Å². The molecule has 21 heavy (non-hydrogen) atoms. The molecule has 2 rings (SSSR count). The van der Waals surface area contributed by atoms with Gasteiger partial charge in [0.1, 0.15) is 0 Å². The van der Waals surface area contributed by atoms with E-state index in [-0.39, 0.29) is 18.3 Å². The molecule has 0 spiro atoms. The number of carbonyl (C=O) groups excluding carboxylic acids is 1. The molecule has 0 aromatic carbocycles. The monoisotopic (exact) mass is 351 g/mol. The molecule has 0 bridgehead atoms. The quantitative estimate of drug-likeness (QED) is 0.854. The summed E-state index contributed by atoms with van der Waals surface area (Å²) in [5.41, 5.74) is 0. The first-order chi connectivity index (χ1) is 9.58. The van der Waals surface area contributed by atoms with Gasteiger partial charge in [0.05, 0.1) is 17.4 Å². The summed E-state index contributed by atoms with van der Waals surface area (Å²) in [5, 5.41) is 3.21. The maximum absolute atomic E-state index is 12.2. The summed E-state index contributed by atoms with van der Waals surface area (Å²) in [4.78, 5) is 17.4. The molecule has 2 heterocycles. The van der Waals surface area contributed by atoms with Gasteiger partial charge >= 0.3 is 0 Å². The summed E-state index contributed by atoms with van der Waals surface area (Å²) >= 11 is 7.44. The molecule has 1 aromatic rings. The topological polar surface area (TPSA) is 35.6 Å². The molecule has 1 aliphatic heterocycles. The summed E-state index contributed by atoms with van der Waals surface area (Å²) in [5.74, 6) is 0.855. The molecule has 120 valence electrons. The van der Waals surface area contributed by atoms with Gasteiger partial charge in [0, 0.05) is 18.5 Å². The molecule has 1 aromatic heterocycles. The van der Waals surface area contributed by atoms with Crippen LogP contribution in [0.15, 0.2) is 12.1 Å². The van der Waals surface area contributed by atoms with Crippen LogP contribution in [0.3, 0.4) is 0 Å². The second-order valence-electron chi connectivity index (χ2n) is 5.40. The molecule has 0 aliphatic carbocycles. The van der Waals surface area contributed by atoms with E-state index in [2.05, 4.69) is 10.2 Å². The van der Waals surface area contributed by atoms with Crippen molar-refractivity contribution in [3.63, 3.8) is 0 Å². The molecular weight excluding hydrogens is 329 g/mol. The number of likely N-dealkylation sites (N-methyl/N-ethyl adjacent to an activating group) is 1. The van der Waals surface area contributed by atoms with Crippen LogP contribution < -0.4 is 5.32 Å². The number of amides is 1. The predicted octanol–water partition coefficient (Wildman–Crippen LogP) is 2.32. The van der Waals surface area contributed by atoms with Gasteiger partial charge in [0.25, 0.3) is 0 Å². The van der Waals surface area contributed by atoms with Crippen LogP contribution in [-0.2, 0) is 11.3 Å². The Balaban J connectivity index is 0.00000220. The Hall–Kier alpha value is -0.330. The molecule has 7 heteroatoms. The predicted molar refractivity (Wildman–Crippen MR) is 91.5 cm³/mol. The zero-order valence-electron chi connectivity index (χ0n) is 12.5. The molecule has 1 fully saturated rings. The van der Waals surface area contributed by atoms with E-state index >= 15 is 0 Å². The van der Waals surface area contributed by atoms with Crippen molar-refractivity contribution < 1.29 is 4.79 Å². The van der Waals surface area contributed by atoms with E-state index in [9.17, 15) is 4.79 Å². The maximum Gasteiger partial charge on any atom is 0.236 e. The van der Waals surface area contributed by atoms with Crippen LogP contribution in [0.5, 0.6) is 0 Å². The summed E-state index contributed by atoms with van der Waals surface area (Å²) in [7, 11) is 3.84. The molecule has 1 N–H and O–H groups in total. The lowest BCUT2D eigenvalue weighted by molar-refractivity contribution is -0.131. The average Bonchev–Trinajstić information content (AvgIpc) is 2.99. The third-order valence-electron chi connectivity index (χ3n) is 3.67. The molecular formula is C14H23Cl2N3OS. The minimum absolute atomic E-state index is 0. The van der Waals surface area contributed by atoms with Crippen molar-refractivity contribution in [1.29, 1.82) is 0 Å². The van der Waals surface area contributed by atoms with Crippen molar-refractivity contribution in [3.8, 4) is 0 Å². The lowest BCUT2D eigenvalue weighted by Crippen LogP contribution is -2.37. The second kappa shape index (κ2) is 8.96. The Morgan fingerprint density at radius 2 is 2.33 bits per heavy atom. The highest BCUT2D eigenvalue weighted by Crippen LogP contribution is 2.22. The van der Waals surface area contributed by atoms with Crippen LogP contribution in [0.4, 0.5) is 0 Å². The zero-order chi connectivity index (χ0) is 14.5. The minimum atomic E-state index is 0. The van der Waals surface area contributed by atoms with Crippen molar-refractivity contribution in [2.75, 3.05) is 40.3 Å². The van der Waals surface area contributed by atoms with Gasteiger partial charge in [-0.3, -0.25) is 9.69 Å². The highest BCUT2D eigenvalue weighted by molar-refractivity contribution is 7.16. The van der Waals surface area contributed by atoms with Gasteiger partial charge in [-0.15, -0.1) is 23.7 Å². The number of rotatable bonds is 6. The van der Waals surface area contributed by atoms with Crippen molar-refractivity contribution in [2.24, 2.45) is 5.92 Å². The van der Waals surface area contributed by atoms with Gasteiger partial charge in [0.2, 0.25) is 5.91 Å². The summed E-state index contributed by atoms with van der Waals surface area (Å²) < 4.78 is 0.773. The van der Waals surface area contributed by atoms with Crippen LogP contribution in [0.25, 0.3) is 0 Å². The Morgan fingerprint density at radius 3 is 2.95 bits per heavy atom. The number of halogens is 2. The summed E-state index contributed by atoms with van der Waals surface area (Å²) in [6, 6.07) is 3.86. The Morgan fingerprint density at radius 1 is 1.57 bits per heavy atom. The number of nitrogens with one attached hydrogen (secondary N) is 1. The van der Waals surface area contributed by atoms with Crippen LogP contribution >= 0.6 is 35.3 Å². The molecule has 1 saturated heterocycles. The van der Waals surface area contributed by atoms with Gasteiger partial charge < -0.3 is 10.2 Å². The average molecular weight is 352 g/mol. The molecule has 4 nitrogen and oxygen atoms in total. The zero-order valence-corrected chi connectivity index (χ0v) is 14.9. The van der Waals surface area contributed by atoms with E-state index < -0.39 is 0 Å². The van der Waals surface area contributed by atoms with E-state index in [1.54, 1.807) is 4.90 Å². The number of nitrogens with zero attached hydrogens (tertiary/aromatic N) is 2. The van der Waals surface area contributed by atoms with E-state index in [1.807, 2.05) is 26.2 Å². The van der Waals surface area contributed by atoms with Crippen LogP contribution in [-0.4, -0.2) is 56.0 Å². The van der Waals surface area contributed by atoms with Crippen molar-refractivity contribution in [3.05, 3.63) is 21.3 Å². The van der Waals surface area contributed by atoms with Crippen LogP contribution in [0.2, 0.25) is 4.34 Å². The smallest absolute Gasteiger partial charge is 0.236 e. The first kappa shape index (κ1) is 18.7.